The standard InChI is InChI=1S/C12H6Cl2FNO/c13-8-1-2-10(14)9(4-8)12-3-7(6-17)11(15)5-16-12/h1-6H. The van der Waals surface area contributed by atoms with E-state index in [0.29, 0.717) is 27.6 Å². The molecule has 0 amide bonds. The Labute approximate surface area is 107 Å². The number of rotatable bonds is 2. The van der Waals surface area contributed by atoms with Gasteiger partial charge in [0.05, 0.1) is 22.5 Å². The molecule has 0 N–H and O–H groups in total. The Balaban J connectivity index is 2.60. The van der Waals surface area contributed by atoms with Gasteiger partial charge >= 0.3 is 0 Å². The van der Waals surface area contributed by atoms with Crippen LogP contribution in [0.4, 0.5) is 4.39 Å². The van der Waals surface area contributed by atoms with Crippen LogP contribution in [0.3, 0.4) is 0 Å². The Hall–Kier alpha value is -1.45. The van der Waals surface area contributed by atoms with Crippen LogP contribution in [0, 0.1) is 5.82 Å². The molecule has 86 valence electrons. The molecule has 0 aliphatic heterocycles. The number of halogens is 3. The lowest BCUT2D eigenvalue weighted by Gasteiger charge is -2.05. The summed E-state index contributed by atoms with van der Waals surface area (Å²) in [5.41, 5.74) is 0.898. The maximum Gasteiger partial charge on any atom is 0.153 e. The summed E-state index contributed by atoms with van der Waals surface area (Å²) >= 11 is 11.8. The first-order chi connectivity index (χ1) is 8.11. The van der Waals surface area contributed by atoms with Crippen LogP contribution in [-0.4, -0.2) is 11.3 Å². The fourth-order valence-corrected chi connectivity index (χ4v) is 1.77. The van der Waals surface area contributed by atoms with Crippen LogP contribution < -0.4 is 0 Å². The van der Waals surface area contributed by atoms with E-state index in [-0.39, 0.29) is 5.56 Å². The third kappa shape index (κ3) is 2.46. The molecule has 1 aromatic carbocycles. The summed E-state index contributed by atoms with van der Waals surface area (Å²) in [7, 11) is 0. The van der Waals surface area contributed by atoms with E-state index < -0.39 is 5.82 Å². The van der Waals surface area contributed by atoms with Gasteiger partial charge in [-0.2, -0.15) is 0 Å². The average molecular weight is 270 g/mol. The van der Waals surface area contributed by atoms with E-state index in [2.05, 4.69) is 4.98 Å². The van der Waals surface area contributed by atoms with Crippen molar-refractivity contribution in [2.75, 3.05) is 0 Å². The van der Waals surface area contributed by atoms with Gasteiger partial charge in [-0.05, 0) is 24.3 Å². The molecule has 0 atom stereocenters. The van der Waals surface area contributed by atoms with Gasteiger partial charge in [-0.1, -0.05) is 23.2 Å². The van der Waals surface area contributed by atoms with Gasteiger partial charge in [-0.15, -0.1) is 0 Å². The first-order valence-corrected chi connectivity index (χ1v) is 5.43. The van der Waals surface area contributed by atoms with Crippen molar-refractivity contribution >= 4 is 29.5 Å². The second kappa shape index (κ2) is 4.82. The number of benzene rings is 1. The molecule has 0 fully saturated rings. The molecule has 5 heteroatoms. The van der Waals surface area contributed by atoms with Gasteiger partial charge in [0.15, 0.2) is 12.1 Å². The van der Waals surface area contributed by atoms with Gasteiger partial charge in [0.1, 0.15) is 0 Å². The van der Waals surface area contributed by atoms with Crippen molar-refractivity contribution < 1.29 is 9.18 Å². The van der Waals surface area contributed by atoms with Crippen LogP contribution in [0.5, 0.6) is 0 Å². The normalized spacial score (nSPS) is 10.3. The molecule has 0 saturated heterocycles. The van der Waals surface area contributed by atoms with E-state index >= 15 is 0 Å². The molecule has 2 nitrogen and oxygen atoms in total. The highest BCUT2D eigenvalue weighted by Gasteiger charge is 2.09. The van der Waals surface area contributed by atoms with Gasteiger partial charge in [-0.3, -0.25) is 9.78 Å². The molecule has 0 unspecified atom stereocenters. The van der Waals surface area contributed by atoms with Crippen molar-refractivity contribution in [3.63, 3.8) is 0 Å². The zero-order valence-electron chi connectivity index (χ0n) is 8.45. The molecule has 0 radical (unpaired) electrons. The lowest BCUT2D eigenvalue weighted by molar-refractivity contribution is 0.111. The van der Waals surface area contributed by atoms with Gasteiger partial charge < -0.3 is 0 Å². The fourth-order valence-electron chi connectivity index (χ4n) is 1.39. The molecule has 0 spiro atoms. The molecule has 0 aliphatic rings. The minimum absolute atomic E-state index is 0.0638. The van der Waals surface area contributed by atoms with Crippen molar-refractivity contribution in [2.24, 2.45) is 0 Å². The Morgan fingerprint density at radius 1 is 1.24 bits per heavy atom. The highest BCUT2D eigenvalue weighted by atomic mass is 35.5. The van der Waals surface area contributed by atoms with Gasteiger partial charge in [0.25, 0.3) is 0 Å². The number of aldehydes is 1. The SMILES string of the molecule is O=Cc1cc(-c2cc(Cl)ccc2Cl)ncc1F. The van der Waals surface area contributed by atoms with Gasteiger partial charge in [-0.25, -0.2) is 4.39 Å². The summed E-state index contributed by atoms with van der Waals surface area (Å²) in [5.74, 6) is -0.665. The van der Waals surface area contributed by atoms with Crippen molar-refractivity contribution in [3.05, 3.63) is 51.9 Å². The largest absolute Gasteiger partial charge is 0.298 e. The molecule has 0 bridgehead atoms. The molecular weight excluding hydrogens is 264 g/mol. The average Bonchev–Trinajstić information content (AvgIpc) is 2.33. The lowest BCUT2D eigenvalue weighted by atomic mass is 10.1. The van der Waals surface area contributed by atoms with E-state index in [4.69, 9.17) is 23.2 Å². The van der Waals surface area contributed by atoms with Crippen LogP contribution >= 0.6 is 23.2 Å². The predicted octanol–water partition coefficient (Wildman–Crippen LogP) is 4.01. The van der Waals surface area contributed by atoms with E-state index in [9.17, 15) is 9.18 Å². The summed E-state index contributed by atoms with van der Waals surface area (Å²) in [4.78, 5) is 14.5. The minimum atomic E-state index is -0.665. The molecule has 1 heterocycles. The number of nitrogens with zero attached hydrogens (tertiary/aromatic N) is 1. The van der Waals surface area contributed by atoms with Crippen molar-refractivity contribution in [3.8, 4) is 11.3 Å². The third-order valence-corrected chi connectivity index (χ3v) is 2.78. The maximum atomic E-state index is 13.1. The van der Waals surface area contributed by atoms with E-state index in [0.717, 1.165) is 6.20 Å². The van der Waals surface area contributed by atoms with Gasteiger partial charge in [0, 0.05) is 10.6 Å². The summed E-state index contributed by atoms with van der Waals surface area (Å²) < 4.78 is 13.1. The van der Waals surface area contributed by atoms with Crippen LogP contribution in [-0.2, 0) is 0 Å². The third-order valence-electron chi connectivity index (χ3n) is 2.22. The molecule has 2 rings (SSSR count). The second-order valence-electron chi connectivity index (χ2n) is 3.33. The van der Waals surface area contributed by atoms with Crippen molar-refractivity contribution in [1.82, 2.24) is 4.98 Å². The quantitative estimate of drug-likeness (QED) is 0.772. The zero-order chi connectivity index (χ0) is 12.4. The fraction of sp³-hybridized carbons (Fsp3) is 0. The predicted molar refractivity (Wildman–Crippen MR) is 65.0 cm³/mol. The van der Waals surface area contributed by atoms with Crippen LogP contribution in [0.1, 0.15) is 10.4 Å². The zero-order valence-corrected chi connectivity index (χ0v) is 9.97. The maximum absolute atomic E-state index is 13.1. The first kappa shape index (κ1) is 12.0. The smallest absolute Gasteiger partial charge is 0.153 e. The van der Waals surface area contributed by atoms with E-state index in [1.807, 2.05) is 0 Å². The van der Waals surface area contributed by atoms with E-state index in [1.165, 1.54) is 6.07 Å². The molecule has 0 saturated carbocycles. The summed E-state index contributed by atoms with van der Waals surface area (Å²) in [6.45, 7) is 0. The molecule has 17 heavy (non-hydrogen) atoms. The number of aromatic nitrogens is 1. The van der Waals surface area contributed by atoms with Gasteiger partial charge in [0.2, 0.25) is 0 Å². The molecule has 1 aromatic heterocycles. The summed E-state index contributed by atoms with van der Waals surface area (Å²) in [5, 5.41) is 0.925. The van der Waals surface area contributed by atoms with Crippen molar-refractivity contribution in [2.45, 2.75) is 0 Å². The van der Waals surface area contributed by atoms with Crippen LogP contribution in [0.15, 0.2) is 30.5 Å². The number of hydrogen-bond donors (Lipinski definition) is 0. The molecular formula is C12H6Cl2FNO. The molecule has 0 aliphatic carbocycles. The number of pyridine rings is 1. The summed E-state index contributed by atoms with van der Waals surface area (Å²) in [6, 6.07) is 6.20. The monoisotopic (exact) mass is 269 g/mol. The van der Waals surface area contributed by atoms with Crippen molar-refractivity contribution in [1.29, 1.82) is 0 Å². The number of carbonyl (C=O) groups excluding carboxylic acids is 1. The second-order valence-corrected chi connectivity index (χ2v) is 4.18. The molecule has 2 aromatic rings. The number of carbonyl (C=O) groups is 1. The van der Waals surface area contributed by atoms with E-state index in [1.54, 1.807) is 18.2 Å². The Morgan fingerprint density at radius 2 is 2.00 bits per heavy atom. The topological polar surface area (TPSA) is 30.0 Å². The summed E-state index contributed by atoms with van der Waals surface area (Å²) in [6.07, 6.45) is 1.41. The minimum Gasteiger partial charge on any atom is -0.298 e. The first-order valence-electron chi connectivity index (χ1n) is 4.68. The van der Waals surface area contributed by atoms with Crippen LogP contribution in [0.2, 0.25) is 10.0 Å². The highest BCUT2D eigenvalue weighted by Crippen LogP contribution is 2.29. The lowest BCUT2D eigenvalue weighted by Crippen LogP contribution is -1.93. The number of hydrogen-bond acceptors (Lipinski definition) is 2. The van der Waals surface area contributed by atoms with Crippen LogP contribution in [0.25, 0.3) is 11.3 Å². The highest BCUT2D eigenvalue weighted by molar-refractivity contribution is 6.35. The Bertz CT molecular complexity index is 587. The Kier molecular flexibility index (Phi) is 3.41. The Morgan fingerprint density at radius 3 is 2.71 bits per heavy atom.